The molecule has 37 heavy (non-hydrogen) atoms. The summed E-state index contributed by atoms with van der Waals surface area (Å²) in [6.45, 7) is 2.87. The minimum Gasteiger partial charge on any atom is -0.459 e. The molecule has 0 fully saturated rings. The maximum Gasteiger partial charge on any atom is 0.338 e. The molecule has 194 valence electrons. The van der Waals surface area contributed by atoms with E-state index in [1.165, 1.54) is 12.1 Å². The van der Waals surface area contributed by atoms with Crippen LogP contribution in [-0.4, -0.2) is 59.1 Å². The van der Waals surface area contributed by atoms with Crippen LogP contribution in [0.5, 0.6) is 0 Å². The number of aliphatic hydroxyl groups is 2. The normalized spacial score (nSPS) is 14.2. The van der Waals surface area contributed by atoms with Gasteiger partial charge in [-0.05, 0) is 42.3 Å². The average Bonchev–Trinajstić information content (AvgIpc) is 2.94. The van der Waals surface area contributed by atoms with Gasteiger partial charge < -0.3 is 24.4 Å². The highest BCUT2D eigenvalue weighted by atomic mass is 16.6. The number of aliphatic hydroxyl groups excluding tert-OH is 2. The fourth-order valence-electron chi connectivity index (χ4n) is 3.58. The summed E-state index contributed by atoms with van der Waals surface area (Å²) < 4.78 is 16.4. The van der Waals surface area contributed by atoms with Crippen molar-refractivity contribution in [3.05, 3.63) is 108 Å². The monoisotopic (exact) mass is 506 g/mol. The Morgan fingerprint density at radius 2 is 1.00 bits per heavy atom. The number of benzene rings is 3. The highest BCUT2D eigenvalue weighted by Gasteiger charge is 2.41. The first-order valence-corrected chi connectivity index (χ1v) is 11.9. The molecule has 3 aromatic rings. The zero-order chi connectivity index (χ0) is 26.8. The van der Waals surface area contributed by atoms with Crippen molar-refractivity contribution >= 4 is 17.9 Å². The molecule has 2 N–H and O–H groups in total. The van der Waals surface area contributed by atoms with E-state index in [0.717, 1.165) is 0 Å². The van der Waals surface area contributed by atoms with Crippen molar-refractivity contribution in [2.24, 2.45) is 5.92 Å². The van der Waals surface area contributed by atoms with Gasteiger partial charge in [-0.3, -0.25) is 0 Å². The van der Waals surface area contributed by atoms with E-state index < -0.39 is 54.8 Å². The van der Waals surface area contributed by atoms with Crippen molar-refractivity contribution in [3.8, 4) is 0 Å². The summed E-state index contributed by atoms with van der Waals surface area (Å²) in [5, 5.41) is 21.7. The molecule has 0 aliphatic carbocycles. The molecular weight excluding hydrogens is 476 g/mol. The average molecular weight is 507 g/mol. The van der Waals surface area contributed by atoms with E-state index in [1.807, 2.05) is 0 Å². The van der Waals surface area contributed by atoms with Crippen LogP contribution < -0.4 is 0 Å². The molecule has 3 aromatic carbocycles. The molecule has 4 atom stereocenters. The van der Waals surface area contributed by atoms with Gasteiger partial charge in [0.2, 0.25) is 0 Å². The van der Waals surface area contributed by atoms with E-state index in [-0.39, 0.29) is 16.7 Å². The Labute approximate surface area is 215 Å². The van der Waals surface area contributed by atoms with Gasteiger partial charge in [-0.2, -0.15) is 0 Å². The first kappa shape index (κ1) is 27.6. The third-order valence-corrected chi connectivity index (χ3v) is 5.61. The molecule has 8 heteroatoms. The minimum absolute atomic E-state index is 0.210. The molecule has 2 unspecified atom stereocenters. The quantitative estimate of drug-likeness (QED) is 0.299. The zero-order valence-corrected chi connectivity index (χ0v) is 20.6. The summed E-state index contributed by atoms with van der Waals surface area (Å²) in [5.74, 6) is -2.58. The molecule has 0 aliphatic rings. The Morgan fingerprint density at radius 1 is 0.622 bits per heavy atom. The summed E-state index contributed by atoms with van der Waals surface area (Å²) in [7, 11) is 0. The van der Waals surface area contributed by atoms with Crippen molar-refractivity contribution < 1.29 is 38.8 Å². The number of carbonyl (C=O) groups excluding carboxylic acids is 3. The van der Waals surface area contributed by atoms with Crippen LogP contribution in [0.4, 0.5) is 0 Å². The van der Waals surface area contributed by atoms with Gasteiger partial charge >= 0.3 is 17.9 Å². The number of hydrogen-bond donors (Lipinski definition) is 2. The smallest absolute Gasteiger partial charge is 0.338 e. The van der Waals surface area contributed by atoms with Crippen LogP contribution in [0.25, 0.3) is 0 Å². The standard InChI is InChI=1S/C29H30O8/c1-19(2)25(36-28(33)21-14-8-4-9-15-21)26(37-29(34)22-16-10-5-11-17-22)24(31)23(30)18-35-27(32)20-12-6-3-7-13-20/h3-17,19,23-26,30-31H,18H2,1-2H3/t23?,24-,25-,26?/m1/s1. The van der Waals surface area contributed by atoms with E-state index in [9.17, 15) is 24.6 Å². The molecule has 0 saturated carbocycles. The molecule has 0 aliphatic heterocycles. The summed E-state index contributed by atoms with van der Waals surface area (Å²) in [4.78, 5) is 38.0. The van der Waals surface area contributed by atoms with Gasteiger partial charge in [0, 0.05) is 0 Å². The predicted octanol–water partition coefficient (Wildman–Crippen LogP) is 3.67. The Morgan fingerprint density at radius 3 is 1.41 bits per heavy atom. The topological polar surface area (TPSA) is 119 Å². The lowest BCUT2D eigenvalue weighted by molar-refractivity contribution is -0.132. The van der Waals surface area contributed by atoms with Crippen molar-refractivity contribution in [1.29, 1.82) is 0 Å². The summed E-state index contributed by atoms with van der Waals surface area (Å²) >= 11 is 0. The molecule has 0 amide bonds. The predicted molar refractivity (Wildman–Crippen MR) is 135 cm³/mol. The minimum atomic E-state index is -1.74. The SMILES string of the molecule is CC(C)[C@@H](OC(=O)c1ccccc1)C(OC(=O)c1ccccc1)[C@H](O)C(O)COC(=O)c1ccccc1. The van der Waals surface area contributed by atoms with Crippen molar-refractivity contribution in [1.82, 2.24) is 0 Å². The maximum atomic E-state index is 12.9. The third-order valence-electron chi connectivity index (χ3n) is 5.61. The van der Waals surface area contributed by atoms with Crippen LogP contribution in [-0.2, 0) is 14.2 Å². The fourth-order valence-corrected chi connectivity index (χ4v) is 3.58. The van der Waals surface area contributed by atoms with Gasteiger partial charge in [-0.1, -0.05) is 68.4 Å². The van der Waals surface area contributed by atoms with Crippen molar-refractivity contribution in [3.63, 3.8) is 0 Å². The summed E-state index contributed by atoms with van der Waals surface area (Å²) in [6.07, 6.45) is -5.98. The lowest BCUT2D eigenvalue weighted by atomic mass is 9.94. The van der Waals surface area contributed by atoms with Crippen LogP contribution >= 0.6 is 0 Å². The Bertz CT molecular complexity index is 1150. The number of hydrogen-bond acceptors (Lipinski definition) is 8. The highest BCUT2D eigenvalue weighted by molar-refractivity contribution is 5.90. The summed E-state index contributed by atoms with van der Waals surface area (Å²) in [6, 6.07) is 24.5. The number of carbonyl (C=O) groups is 3. The van der Waals surface area contributed by atoms with Crippen LogP contribution in [0, 0.1) is 5.92 Å². The molecule has 0 bridgehead atoms. The molecular formula is C29H30O8. The second kappa shape index (κ2) is 13.3. The number of esters is 3. The zero-order valence-electron chi connectivity index (χ0n) is 20.6. The lowest BCUT2D eigenvalue weighted by Gasteiger charge is -2.34. The first-order chi connectivity index (χ1) is 17.8. The first-order valence-electron chi connectivity index (χ1n) is 11.9. The van der Waals surface area contributed by atoms with Gasteiger partial charge in [0.25, 0.3) is 0 Å². The van der Waals surface area contributed by atoms with E-state index in [0.29, 0.717) is 0 Å². The van der Waals surface area contributed by atoms with Crippen LogP contribution in [0.2, 0.25) is 0 Å². The van der Waals surface area contributed by atoms with E-state index >= 15 is 0 Å². The van der Waals surface area contributed by atoms with Crippen LogP contribution in [0.1, 0.15) is 44.9 Å². The van der Waals surface area contributed by atoms with E-state index in [2.05, 4.69) is 0 Å². The molecule has 0 heterocycles. The molecule has 0 saturated heterocycles. The number of ether oxygens (including phenoxy) is 3. The third kappa shape index (κ3) is 7.73. The molecule has 8 nitrogen and oxygen atoms in total. The van der Waals surface area contributed by atoms with Gasteiger partial charge in [-0.25, -0.2) is 14.4 Å². The number of rotatable bonds is 11. The van der Waals surface area contributed by atoms with E-state index in [1.54, 1.807) is 92.7 Å². The van der Waals surface area contributed by atoms with Gasteiger partial charge in [0.15, 0.2) is 6.10 Å². The molecule has 0 aromatic heterocycles. The maximum absolute atomic E-state index is 12.9. The lowest BCUT2D eigenvalue weighted by Crippen LogP contribution is -2.51. The second-order valence-electron chi connectivity index (χ2n) is 8.74. The van der Waals surface area contributed by atoms with Gasteiger partial charge in [0.1, 0.15) is 24.9 Å². The Balaban J connectivity index is 1.81. The molecule has 0 spiro atoms. The van der Waals surface area contributed by atoms with Crippen LogP contribution in [0.3, 0.4) is 0 Å². The van der Waals surface area contributed by atoms with Crippen molar-refractivity contribution in [2.45, 2.75) is 38.3 Å². The van der Waals surface area contributed by atoms with Crippen molar-refractivity contribution in [2.75, 3.05) is 6.61 Å². The van der Waals surface area contributed by atoms with Gasteiger partial charge in [0.05, 0.1) is 16.7 Å². The second-order valence-corrected chi connectivity index (χ2v) is 8.74. The Kier molecular flexibility index (Phi) is 9.94. The van der Waals surface area contributed by atoms with E-state index in [4.69, 9.17) is 14.2 Å². The fraction of sp³-hybridized carbons (Fsp3) is 0.276. The molecule has 0 radical (unpaired) electrons. The molecule has 3 rings (SSSR count). The Hall–Kier alpha value is -4.01. The largest absolute Gasteiger partial charge is 0.459 e. The van der Waals surface area contributed by atoms with Crippen LogP contribution in [0.15, 0.2) is 91.0 Å². The van der Waals surface area contributed by atoms with Gasteiger partial charge in [-0.15, -0.1) is 0 Å². The summed E-state index contributed by atoms with van der Waals surface area (Å²) in [5.41, 5.74) is 0.753. The highest BCUT2D eigenvalue weighted by Crippen LogP contribution is 2.23.